The van der Waals surface area contributed by atoms with Crippen molar-refractivity contribution in [3.8, 4) is 16.8 Å². The molecule has 0 unspecified atom stereocenters. The van der Waals surface area contributed by atoms with E-state index >= 15 is 0 Å². The number of benzene rings is 8. The summed E-state index contributed by atoms with van der Waals surface area (Å²) in [5, 5.41) is 1.87. The molecule has 0 aliphatic rings. The minimum Gasteiger partial charge on any atom is -0.310 e. The lowest BCUT2D eigenvalue weighted by Gasteiger charge is -2.32. The number of fused-ring (bicyclic) bond motifs is 3. The predicted octanol–water partition coefficient (Wildman–Crippen LogP) is 14.6. The molecule has 0 saturated heterocycles. The lowest BCUT2D eigenvalue weighted by atomic mass is 9.73. The molecular formula is C54H46N2. The van der Waals surface area contributed by atoms with Crippen molar-refractivity contribution in [2.75, 3.05) is 4.90 Å². The summed E-state index contributed by atoms with van der Waals surface area (Å²) in [6.07, 6.45) is 0. The number of nitrogens with zero attached hydrogens (tertiary/aromatic N) is 2. The van der Waals surface area contributed by atoms with Crippen LogP contribution in [0.15, 0.2) is 206 Å². The highest BCUT2D eigenvalue weighted by Crippen LogP contribution is 2.43. The van der Waals surface area contributed by atoms with Crippen LogP contribution in [0.4, 0.5) is 17.1 Å². The summed E-state index contributed by atoms with van der Waals surface area (Å²) in [6, 6.07) is 59.8. The maximum absolute atomic E-state index is 8.89. The second kappa shape index (κ2) is 14.2. The first-order valence-corrected chi connectivity index (χ1v) is 19.2. The third-order valence-electron chi connectivity index (χ3n) is 11.4. The monoisotopic (exact) mass is 727 g/mol. The molecule has 9 rings (SSSR count). The van der Waals surface area contributed by atoms with E-state index in [1.165, 1.54) is 22.3 Å². The SMILES string of the molecule is [2H]c1c([2H])c([2H])c(-c2ccc3c(c2)c2cc(N(c4ccccc4)c4ccccc4)ccc2n3-c2cc(C(C)(C)c3ccccc3)cc(C(C)(C)c3ccccc3)c2)c([2H])c1[2H]. The van der Waals surface area contributed by atoms with E-state index in [-0.39, 0.29) is 40.6 Å². The average Bonchev–Trinajstić information content (AvgIpc) is 3.62. The van der Waals surface area contributed by atoms with Gasteiger partial charge in [-0.25, -0.2) is 0 Å². The molecule has 8 aromatic carbocycles. The first-order valence-electron chi connectivity index (χ1n) is 21.7. The Labute approximate surface area is 338 Å². The van der Waals surface area contributed by atoms with Gasteiger partial charge in [0.1, 0.15) is 0 Å². The minimum atomic E-state index is -0.407. The zero-order valence-electron chi connectivity index (χ0n) is 37.1. The first kappa shape index (κ1) is 29.7. The largest absolute Gasteiger partial charge is 0.310 e. The molecule has 1 heterocycles. The van der Waals surface area contributed by atoms with Crippen molar-refractivity contribution in [1.29, 1.82) is 0 Å². The van der Waals surface area contributed by atoms with Crippen LogP contribution >= 0.6 is 0 Å². The Morgan fingerprint density at radius 3 is 1.39 bits per heavy atom. The third-order valence-corrected chi connectivity index (χ3v) is 11.4. The van der Waals surface area contributed by atoms with E-state index in [0.717, 1.165) is 44.6 Å². The highest BCUT2D eigenvalue weighted by Gasteiger charge is 2.30. The van der Waals surface area contributed by atoms with E-state index < -0.39 is 6.04 Å². The molecule has 2 heteroatoms. The molecular weight excluding hydrogens is 677 g/mol. The van der Waals surface area contributed by atoms with Crippen molar-refractivity contribution in [1.82, 2.24) is 4.57 Å². The molecule has 0 spiro atoms. The van der Waals surface area contributed by atoms with E-state index in [4.69, 9.17) is 6.85 Å². The summed E-state index contributed by atoms with van der Waals surface area (Å²) in [5.41, 5.74) is 10.8. The fourth-order valence-electron chi connectivity index (χ4n) is 8.08. The summed E-state index contributed by atoms with van der Waals surface area (Å²) in [7, 11) is 0. The van der Waals surface area contributed by atoms with Gasteiger partial charge in [0, 0.05) is 44.4 Å². The van der Waals surface area contributed by atoms with Crippen LogP contribution in [0.2, 0.25) is 0 Å². The van der Waals surface area contributed by atoms with Crippen molar-refractivity contribution < 1.29 is 6.85 Å². The van der Waals surface area contributed by atoms with E-state index in [9.17, 15) is 0 Å². The Bertz CT molecular complexity index is 2930. The van der Waals surface area contributed by atoms with Crippen molar-refractivity contribution in [2.45, 2.75) is 38.5 Å². The molecule has 0 bridgehead atoms. The molecule has 1 aromatic heterocycles. The van der Waals surface area contributed by atoms with Gasteiger partial charge < -0.3 is 9.47 Å². The molecule has 0 fully saturated rings. The lowest BCUT2D eigenvalue weighted by molar-refractivity contribution is 0.616. The number of aromatic nitrogens is 1. The summed E-state index contributed by atoms with van der Waals surface area (Å²) >= 11 is 0. The zero-order chi connectivity index (χ0) is 42.6. The molecule has 0 radical (unpaired) electrons. The molecule has 0 atom stereocenters. The molecule has 0 saturated carbocycles. The van der Waals surface area contributed by atoms with Gasteiger partial charge in [0.2, 0.25) is 0 Å². The number of para-hydroxylation sites is 2. The highest BCUT2D eigenvalue weighted by molar-refractivity contribution is 6.12. The Morgan fingerprint density at radius 2 is 0.875 bits per heavy atom. The van der Waals surface area contributed by atoms with Gasteiger partial charge in [0.05, 0.1) is 17.9 Å². The van der Waals surface area contributed by atoms with Crippen LogP contribution in [0.1, 0.15) is 56.8 Å². The summed E-state index contributed by atoms with van der Waals surface area (Å²) in [5.74, 6) is 0. The Kier molecular flexibility index (Phi) is 7.53. The van der Waals surface area contributed by atoms with Crippen molar-refractivity contribution >= 4 is 38.9 Å². The Hall–Kier alpha value is -6.64. The van der Waals surface area contributed by atoms with Crippen LogP contribution < -0.4 is 4.90 Å². The van der Waals surface area contributed by atoms with Crippen LogP contribution in [0.25, 0.3) is 38.6 Å². The maximum Gasteiger partial charge on any atom is 0.0629 e. The molecule has 272 valence electrons. The predicted molar refractivity (Wildman–Crippen MR) is 238 cm³/mol. The van der Waals surface area contributed by atoms with Gasteiger partial charge in [0.25, 0.3) is 0 Å². The molecule has 0 aliphatic heterocycles. The van der Waals surface area contributed by atoms with Crippen LogP contribution in [0.3, 0.4) is 0 Å². The topological polar surface area (TPSA) is 8.17 Å². The molecule has 0 amide bonds. The van der Waals surface area contributed by atoms with Crippen LogP contribution in [-0.4, -0.2) is 4.57 Å². The normalized spacial score (nSPS) is 13.2. The van der Waals surface area contributed by atoms with E-state index in [0.29, 0.717) is 5.56 Å². The smallest absolute Gasteiger partial charge is 0.0629 e. The van der Waals surface area contributed by atoms with Crippen molar-refractivity contribution in [2.24, 2.45) is 0 Å². The summed E-state index contributed by atoms with van der Waals surface area (Å²) < 4.78 is 45.3. The first-order chi connectivity index (χ1) is 29.4. The third kappa shape index (κ3) is 6.28. The minimum absolute atomic E-state index is 0.179. The van der Waals surface area contributed by atoms with E-state index in [1.807, 2.05) is 54.6 Å². The van der Waals surface area contributed by atoms with E-state index in [2.05, 4.69) is 158 Å². The number of rotatable bonds is 9. The van der Waals surface area contributed by atoms with Gasteiger partial charge in [0.15, 0.2) is 0 Å². The average molecular weight is 728 g/mol. The van der Waals surface area contributed by atoms with Gasteiger partial charge in [-0.05, 0) is 100 Å². The van der Waals surface area contributed by atoms with Crippen LogP contribution in [-0.2, 0) is 10.8 Å². The molecule has 2 nitrogen and oxygen atoms in total. The summed E-state index contributed by atoms with van der Waals surface area (Å²) in [6.45, 7) is 9.14. The van der Waals surface area contributed by atoms with Gasteiger partial charge in [-0.1, -0.05) is 167 Å². The Morgan fingerprint density at radius 1 is 0.411 bits per heavy atom. The van der Waals surface area contributed by atoms with Gasteiger partial charge in [-0.3, -0.25) is 0 Å². The second-order valence-corrected chi connectivity index (χ2v) is 15.5. The van der Waals surface area contributed by atoms with E-state index in [1.54, 1.807) is 0 Å². The highest BCUT2D eigenvalue weighted by atomic mass is 15.1. The molecule has 0 N–H and O–H groups in total. The molecule has 9 aromatic rings. The fourth-order valence-corrected chi connectivity index (χ4v) is 8.08. The Balaban J connectivity index is 1.36. The molecule has 56 heavy (non-hydrogen) atoms. The molecule has 0 aliphatic carbocycles. The van der Waals surface area contributed by atoms with Crippen molar-refractivity contribution in [3.63, 3.8) is 0 Å². The summed E-state index contributed by atoms with van der Waals surface area (Å²) in [4.78, 5) is 2.24. The van der Waals surface area contributed by atoms with Gasteiger partial charge in [-0.2, -0.15) is 0 Å². The number of anilines is 3. The zero-order valence-corrected chi connectivity index (χ0v) is 32.1. The number of hydrogen-bond donors (Lipinski definition) is 0. The standard InChI is InChI=1S/C54H46N2/c1-53(2,41-22-12-6-13-23-41)43-35-44(54(3,4)42-24-14-7-15-25-42)37-48(36-43)56-51-32-30-40(39-20-10-5-11-21-39)34-49(51)50-38-47(31-33-52(50)56)55(45-26-16-8-17-27-45)46-28-18-9-19-29-46/h5-38H,1-4H3/i5D,10D,11D,20D,21D. The lowest BCUT2D eigenvalue weighted by Crippen LogP contribution is -2.23. The van der Waals surface area contributed by atoms with Crippen LogP contribution in [0.5, 0.6) is 0 Å². The quantitative estimate of drug-likeness (QED) is 0.144. The van der Waals surface area contributed by atoms with Gasteiger partial charge in [-0.15, -0.1) is 0 Å². The second-order valence-electron chi connectivity index (χ2n) is 15.5. The van der Waals surface area contributed by atoms with Crippen LogP contribution in [0, 0.1) is 0 Å². The maximum atomic E-state index is 8.89. The van der Waals surface area contributed by atoms with Gasteiger partial charge >= 0.3 is 0 Å². The van der Waals surface area contributed by atoms with Crippen molar-refractivity contribution in [3.05, 3.63) is 228 Å². The fraction of sp³-hybridized carbons (Fsp3) is 0.111. The number of hydrogen-bond acceptors (Lipinski definition) is 1.